The van der Waals surface area contributed by atoms with Crippen molar-refractivity contribution in [3.63, 3.8) is 0 Å². The number of piperidine rings is 2. The molecule has 5 rings (SSSR count). The maximum atomic E-state index is 13.4. The van der Waals surface area contributed by atoms with Crippen molar-refractivity contribution in [2.45, 2.75) is 43.6 Å². The van der Waals surface area contributed by atoms with Gasteiger partial charge in [0.05, 0.1) is 18.0 Å². The summed E-state index contributed by atoms with van der Waals surface area (Å²) in [5, 5.41) is 9.84. The van der Waals surface area contributed by atoms with Crippen LogP contribution < -0.4 is 4.74 Å². The SMILES string of the molecule is O=C(N1CCC(O)CC1)N1CC(c2cccc(OC(F)(F)F)c2)CC(c2cn(-c3cnccn3)cn2)C1. The molecule has 2 fully saturated rings. The van der Waals surface area contributed by atoms with Crippen molar-refractivity contribution in [1.82, 2.24) is 29.3 Å². The zero-order valence-corrected chi connectivity index (χ0v) is 20.0. The van der Waals surface area contributed by atoms with Gasteiger partial charge in [0, 0.05) is 56.6 Å². The maximum absolute atomic E-state index is 13.4. The van der Waals surface area contributed by atoms with Gasteiger partial charge >= 0.3 is 12.4 Å². The monoisotopic (exact) mass is 516 g/mol. The molecule has 1 aromatic carbocycles. The zero-order chi connectivity index (χ0) is 26.0. The molecule has 2 saturated heterocycles. The summed E-state index contributed by atoms with van der Waals surface area (Å²) in [6, 6.07) is 5.80. The molecule has 2 aliphatic rings. The van der Waals surface area contributed by atoms with Crippen LogP contribution in [-0.4, -0.2) is 79.1 Å². The van der Waals surface area contributed by atoms with Gasteiger partial charge in [-0.1, -0.05) is 12.1 Å². The number of rotatable bonds is 4. The van der Waals surface area contributed by atoms with Gasteiger partial charge in [0.1, 0.15) is 12.1 Å². The molecule has 0 bridgehead atoms. The molecule has 0 saturated carbocycles. The lowest BCUT2D eigenvalue weighted by molar-refractivity contribution is -0.274. The molecule has 9 nitrogen and oxygen atoms in total. The normalized spacial score (nSPS) is 21.2. The van der Waals surface area contributed by atoms with Crippen LogP contribution in [0.25, 0.3) is 5.82 Å². The Kier molecular flexibility index (Phi) is 7.00. The fourth-order valence-electron chi connectivity index (χ4n) is 5.03. The number of ether oxygens (including phenoxy) is 1. The van der Waals surface area contributed by atoms with E-state index in [1.54, 1.807) is 45.4 Å². The number of urea groups is 1. The highest BCUT2D eigenvalue weighted by molar-refractivity contribution is 5.75. The van der Waals surface area contributed by atoms with Gasteiger partial charge in [0.25, 0.3) is 0 Å². The number of amides is 2. The van der Waals surface area contributed by atoms with Crippen LogP contribution in [0.5, 0.6) is 5.75 Å². The van der Waals surface area contributed by atoms with Crippen molar-refractivity contribution in [2.75, 3.05) is 26.2 Å². The number of nitrogens with zero attached hydrogens (tertiary/aromatic N) is 6. The Morgan fingerprint density at radius 1 is 1.05 bits per heavy atom. The minimum absolute atomic E-state index is 0.141. The van der Waals surface area contributed by atoms with Gasteiger partial charge < -0.3 is 19.6 Å². The first kappa shape index (κ1) is 25.0. The van der Waals surface area contributed by atoms with Crippen LogP contribution in [0.15, 0.2) is 55.4 Å². The highest BCUT2D eigenvalue weighted by atomic mass is 19.4. The number of halogens is 3. The van der Waals surface area contributed by atoms with Crippen LogP contribution >= 0.6 is 0 Å². The molecule has 12 heteroatoms. The molecular formula is C25H27F3N6O3. The summed E-state index contributed by atoms with van der Waals surface area (Å²) >= 11 is 0. The lowest BCUT2D eigenvalue weighted by Gasteiger charge is -2.41. The molecule has 196 valence electrons. The van der Waals surface area contributed by atoms with Crippen molar-refractivity contribution in [3.8, 4) is 11.6 Å². The third-order valence-corrected chi connectivity index (χ3v) is 6.85. The third-order valence-electron chi connectivity index (χ3n) is 6.85. The lowest BCUT2D eigenvalue weighted by Crippen LogP contribution is -2.51. The highest BCUT2D eigenvalue weighted by Crippen LogP contribution is 2.37. The van der Waals surface area contributed by atoms with Crippen LogP contribution in [0.3, 0.4) is 0 Å². The van der Waals surface area contributed by atoms with E-state index in [2.05, 4.69) is 19.7 Å². The number of aromatic nitrogens is 4. The first-order valence-corrected chi connectivity index (χ1v) is 12.1. The second-order valence-electron chi connectivity index (χ2n) is 9.43. The fraction of sp³-hybridized carbons (Fsp3) is 0.440. The molecule has 0 aliphatic carbocycles. The van der Waals surface area contributed by atoms with Gasteiger partial charge in [-0.15, -0.1) is 13.2 Å². The van der Waals surface area contributed by atoms with Crippen molar-refractivity contribution in [3.05, 3.63) is 66.6 Å². The standard InChI is InChI=1S/C25H27F3N6O3/c26-25(27,28)37-21-3-1-2-17(11-21)18-10-19(22-15-34(16-31-22)23-12-29-6-7-30-23)14-33(13-18)24(36)32-8-4-20(35)5-9-32/h1-3,6-7,11-12,15-16,18-20,35H,4-5,8-10,13-14H2. The van der Waals surface area contributed by atoms with E-state index in [0.717, 1.165) is 5.69 Å². The van der Waals surface area contributed by atoms with Gasteiger partial charge in [-0.25, -0.2) is 14.8 Å². The molecular weight excluding hydrogens is 489 g/mol. The molecule has 2 unspecified atom stereocenters. The molecule has 2 atom stereocenters. The average Bonchev–Trinajstić information content (AvgIpc) is 3.39. The molecule has 2 aliphatic heterocycles. The van der Waals surface area contributed by atoms with Gasteiger partial charge in [0.15, 0.2) is 5.82 Å². The summed E-state index contributed by atoms with van der Waals surface area (Å²) in [6.07, 6.45) is 4.69. The average molecular weight is 517 g/mol. The van der Waals surface area contributed by atoms with E-state index in [1.807, 2.05) is 6.20 Å². The number of hydrogen-bond acceptors (Lipinski definition) is 6. The minimum atomic E-state index is -4.79. The number of carbonyl (C=O) groups is 1. The Morgan fingerprint density at radius 3 is 2.57 bits per heavy atom. The predicted octanol–water partition coefficient (Wildman–Crippen LogP) is 3.71. The second-order valence-corrected chi connectivity index (χ2v) is 9.43. The highest BCUT2D eigenvalue weighted by Gasteiger charge is 2.36. The molecule has 0 radical (unpaired) electrons. The number of benzene rings is 1. The fourth-order valence-corrected chi connectivity index (χ4v) is 5.03. The second kappa shape index (κ2) is 10.4. The van der Waals surface area contributed by atoms with Gasteiger partial charge in [-0.05, 0) is 37.0 Å². The molecule has 3 aromatic rings. The molecule has 2 aromatic heterocycles. The minimum Gasteiger partial charge on any atom is -0.406 e. The molecule has 4 heterocycles. The Morgan fingerprint density at radius 2 is 1.84 bits per heavy atom. The number of carbonyl (C=O) groups excluding carboxylic acids is 1. The van der Waals surface area contributed by atoms with E-state index in [4.69, 9.17) is 0 Å². The summed E-state index contributed by atoms with van der Waals surface area (Å²) < 4.78 is 44.4. The Hall–Kier alpha value is -3.67. The van der Waals surface area contributed by atoms with E-state index < -0.39 is 12.5 Å². The van der Waals surface area contributed by atoms with Gasteiger partial charge in [0.2, 0.25) is 0 Å². The number of aliphatic hydroxyl groups excluding tert-OH is 1. The van der Waals surface area contributed by atoms with Crippen molar-refractivity contribution in [1.29, 1.82) is 0 Å². The van der Waals surface area contributed by atoms with E-state index in [9.17, 15) is 23.1 Å². The number of hydrogen-bond donors (Lipinski definition) is 1. The van der Waals surface area contributed by atoms with Crippen LogP contribution in [0, 0.1) is 0 Å². The predicted molar refractivity (Wildman–Crippen MR) is 126 cm³/mol. The van der Waals surface area contributed by atoms with Crippen molar-refractivity contribution >= 4 is 6.03 Å². The topological polar surface area (TPSA) is 96.6 Å². The summed E-state index contributed by atoms with van der Waals surface area (Å²) in [5.74, 6) is -0.0629. The summed E-state index contributed by atoms with van der Waals surface area (Å²) in [7, 11) is 0. The van der Waals surface area contributed by atoms with Crippen molar-refractivity contribution in [2.24, 2.45) is 0 Å². The van der Waals surface area contributed by atoms with Crippen LogP contribution in [0.1, 0.15) is 42.4 Å². The lowest BCUT2D eigenvalue weighted by atomic mass is 9.83. The molecule has 37 heavy (non-hydrogen) atoms. The van der Waals surface area contributed by atoms with E-state index in [-0.39, 0.29) is 23.6 Å². The summed E-state index contributed by atoms with van der Waals surface area (Å²) in [4.78, 5) is 29.8. The first-order chi connectivity index (χ1) is 17.7. The van der Waals surface area contributed by atoms with Gasteiger partial charge in [-0.2, -0.15) is 0 Å². The Labute approximate surface area is 211 Å². The van der Waals surface area contributed by atoms with Crippen LogP contribution in [0.4, 0.5) is 18.0 Å². The smallest absolute Gasteiger partial charge is 0.406 e. The Bertz CT molecular complexity index is 1210. The number of aliphatic hydroxyl groups is 1. The van der Waals surface area contributed by atoms with Crippen LogP contribution in [0.2, 0.25) is 0 Å². The Balaban J connectivity index is 1.41. The third kappa shape index (κ3) is 6.01. The van der Waals surface area contributed by atoms with E-state index >= 15 is 0 Å². The summed E-state index contributed by atoms with van der Waals surface area (Å²) in [6.45, 7) is 1.70. The first-order valence-electron chi connectivity index (χ1n) is 12.1. The molecule has 1 N–H and O–H groups in total. The summed E-state index contributed by atoms with van der Waals surface area (Å²) in [5.41, 5.74) is 1.41. The van der Waals surface area contributed by atoms with Crippen molar-refractivity contribution < 1.29 is 27.8 Å². The number of alkyl halides is 3. The van der Waals surface area contributed by atoms with Gasteiger partial charge in [-0.3, -0.25) is 9.55 Å². The largest absolute Gasteiger partial charge is 0.573 e. The quantitative estimate of drug-likeness (QED) is 0.568. The number of likely N-dealkylation sites (tertiary alicyclic amines) is 2. The van der Waals surface area contributed by atoms with E-state index in [1.165, 1.54) is 18.2 Å². The number of imidazole rings is 1. The van der Waals surface area contributed by atoms with E-state index in [0.29, 0.717) is 56.8 Å². The maximum Gasteiger partial charge on any atom is 0.573 e. The zero-order valence-electron chi connectivity index (χ0n) is 20.0. The molecule has 0 spiro atoms. The molecule has 2 amide bonds. The van der Waals surface area contributed by atoms with Crippen LogP contribution in [-0.2, 0) is 0 Å².